The van der Waals surface area contributed by atoms with Crippen molar-refractivity contribution >= 4 is 11.6 Å². The Balaban J connectivity index is 1.95. The van der Waals surface area contributed by atoms with Crippen molar-refractivity contribution in [1.82, 2.24) is 9.88 Å². The van der Waals surface area contributed by atoms with Crippen molar-refractivity contribution in [2.75, 3.05) is 31.1 Å². The number of carbonyl (C=O) groups excluding carboxylic acids is 1. The third kappa shape index (κ3) is 2.81. The van der Waals surface area contributed by atoms with Crippen molar-refractivity contribution in [3.63, 3.8) is 0 Å². The Morgan fingerprint density at radius 1 is 1.11 bits per heavy atom. The molecular weight excluding hydrogens is 226 g/mol. The number of rotatable bonds is 1. The van der Waals surface area contributed by atoms with Gasteiger partial charge < -0.3 is 9.80 Å². The average Bonchev–Trinajstić information content (AvgIpc) is 2.38. The second-order valence-electron chi connectivity index (χ2n) is 5.73. The number of anilines is 1. The number of aromatic nitrogens is 1. The lowest BCUT2D eigenvalue weighted by atomic mass is 9.94. The minimum Gasteiger partial charge on any atom is -0.368 e. The molecule has 4 heteroatoms. The summed E-state index contributed by atoms with van der Waals surface area (Å²) in [6.45, 7) is 9.33. The van der Waals surface area contributed by atoms with E-state index in [9.17, 15) is 4.79 Å². The highest BCUT2D eigenvalue weighted by Gasteiger charge is 2.29. The first kappa shape index (κ1) is 12.9. The van der Waals surface area contributed by atoms with Gasteiger partial charge in [0.25, 0.3) is 0 Å². The van der Waals surface area contributed by atoms with Gasteiger partial charge in [0.15, 0.2) is 0 Å². The molecule has 1 aliphatic rings. The Morgan fingerprint density at radius 3 is 2.17 bits per heavy atom. The predicted octanol–water partition coefficient (Wildman–Crippen LogP) is 1.78. The van der Waals surface area contributed by atoms with Crippen LogP contribution in [0.5, 0.6) is 0 Å². The highest BCUT2D eigenvalue weighted by Crippen LogP contribution is 2.20. The molecule has 0 radical (unpaired) electrons. The quantitative estimate of drug-likeness (QED) is 0.759. The van der Waals surface area contributed by atoms with Crippen molar-refractivity contribution in [2.45, 2.75) is 20.8 Å². The molecule has 2 heterocycles. The Hall–Kier alpha value is -1.58. The van der Waals surface area contributed by atoms with E-state index < -0.39 is 0 Å². The minimum atomic E-state index is -0.279. The molecular formula is C14H21N3O. The molecule has 98 valence electrons. The average molecular weight is 247 g/mol. The van der Waals surface area contributed by atoms with Gasteiger partial charge in [-0.3, -0.25) is 9.78 Å². The zero-order chi connectivity index (χ0) is 13.2. The summed E-state index contributed by atoms with van der Waals surface area (Å²) < 4.78 is 0. The van der Waals surface area contributed by atoms with Crippen molar-refractivity contribution in [1.29, 1.82) is 0 Å². The third-order valence-corrected chi connectivity index (χ3v) is 3.24. The summed E-state index contributed by atoms with van der Waals surface area (Å²) in [7, 11) is 0. The SMILES string of the molecule is CC(C)(C)C(=O)N1CCN(c2ccncc2)CC1. The van der Waals surface area contributed by atoms with Gasteiger partial charge in [-0.05, 0) is 12.1 Å². The molecule has 0 aliphatic carbocycles. The molecule has 1 amide bonds. The van der Waals surface area contributed by atoms with Crippen LogP contribution < -0.4 is 4.90 Å². The summed E-state index contributed by atoms with van der Waals surface area (Å²) in [5, 5.41) is 0. The van der Waals surface area contributed by atoms with Gasteiger partial charge in [0.1, 0.15) is 0 Å². The van der Waals surface area contributed by atoms with Gasteiger partial charge in [0, 0.05) is 49.7 Å². The van der Waals surface area contributed by atoms with Crippen LogP contribution in [-0.2, 0) is 4.79 Å². The third-order valence-electron chi connectivity index (χ3n) is 3.24. The smallest absolute Gasteiger partial charge is 0.228 e. The van der Waals surface area contributed by atoms with E-state index in [1.165, 1.54) is 5.69 Å². The van der Waals surface area contributed by atoms with E-state index >= 15 is 0 Å². The molecule has 1 aliphatic heterocycles. The number of piperazine rings is 1. The van der Waals surface area contributed by atoms with E-state index in [1.807, 2.05) is 50.2 Å². The fourth-order valence-electron chi connectivity index (χ4n) is 2.20. The van der Waals surface area contributed by atoms with Crippen LogP contribution in [0.4, 0.5) is 5.69 Å². The molecule has 0 unspecified atom stereocenters. The predicted molar refractivity (Wildman–Crippen MR) is 72.5 cm³/mol. The molecule has 1 aromatic rings. The fraction of sp³-hybridized carbons (Fsp3) is 0.571. The Kier molecular flexibility index (Phi) is 3.55. The Bertz CT molecular complexity index is 403. The van der Waals surface area contributed by atoms with Crippen LogP contribution in [0.3, 0.4) is 0 Å². The second kappa shape index (κ2) is 4.96. The monoisotopic (exact) mass is 247 g/mol. The summed E-state index contributed by atoms with van der Waals surface area (Å²) in [4.78, 5) is 20.5. The maximum Gasteiger partial charge on any atom is 0.228 e. The van der Waals surface area contributed by atoms with Gasteiger partial charge in [-0.2, -0.15) is 0 Å². The summed E-state index contributed by atoms with van der Waals surface area (Å²) in [5.41, 5.74) is 0.909. The molecule has 0 spiro atoms. The maximum atomic E-state index is 12.2. The number of carbonyl (C=O) groups is 1. The molecule has 4 nitrogen and oxygen atoms in total. The molecule has 0 N–H and O–H groups in total. The molecule has 0 atom stereocenters. The first-order valence-electron chi connectivity index (χ1n) is 6.43. The number of pyridine rings is 1. The molecule has 18 heavy (non-hydrogen) atoms. The summed E-state index contributed by atoms with van der Waals surface area (Å²) >= 11 is 0. The zero-order valence-corrected chi connectivity index (χ0v) is 11.4. The van der Waals surface area contributed by atoms with E-state index in [0.29, 0.717) is 0 Å². The minimum absolute atomic E-state index is 0.247. The van der Waals surface area contributed by atoms with Crippen LogP contribution >= 0.6 is 0 Å². The van der Waals surface area contributed by atoms with Gasteiger partial charge in [0.05, 0.1) is 0 Å². The number of amides is 1. The molecule has 0 bridgehead atoms. The molecule has 0 aromatic carbocycles. The van der Waals surface area contributed by atoms with E-state index in [2.05, 4.69) is 9.88 Å². The number of hydrogen-bond donors (Lipinski definition) is 0. The molecule has 2 rings (SSSR count). The highest BCUT2D eigenvalue weighted by molar-refractivity contribution is 5.81. The van der Waals surface area contributed by atoms with E-state index in [0.717, 1.165) is 26.2 Å². The molecule has 1 saturated heterocycles. The van der Waals surface area contributed by atoms with Gasteiger partial charge in [-0.25, -0.2) is 0 Å². The lowest BCUT2D eigenvalue weighted by Crippen LogP contribution is -2.51. The zero-order valence-electron chi connectivity index (χ0n) is 11.4. The van der Waals surface area contributed by atoms with Crippen molar-refractivity contribution in [3.8, 4) is 0 Å². The van der Waals surface area contributed by atoms with Crippen LogP contribution in [0.2, 0.25) is 0 Å². The molecule has 1 fully saturated rings. The fourth-order valence-corrected chi connectivity index (χ4v) is 2.20. The standard InChI is InChI=1S/C14H21N3O/c1-14(2,3)13(18)17-10-8-16(9-11-17)12-4-6-15-7-5-12/h4-7H,8-11H2,1-3H3. The van der Waals surface area contributed by atoms with Crippen LogP contribution in [0, 0.1) is 5.41 Å². The van der Waals surface area contributed by atoms with Crippen LogP contribution in [0.15, 0.2) is 24.5 Å². The van der Waals surface area contributed by atoms with Crippen LogP contribution in [-0.4, -0.2) is 42.0 Å². The van der Waals surface area contributed by atoms with Crippen LogP contribution in [0.1, 0.15) is 20.8 Å². The number of nitrogens with zero attached hydrogens (tertiary/aromatic N) is 3. The van der Waals surface area contributed by atoms with Gasteiger partial charge in [-0.1, -0.05) is 20.8 Å². The topological polar surface area (TPSA) is 36.4 Å². The van der Waals surface area contributed by atoms with Crippen molar-refractivity contribution in [2.24, 2.45) is 5.41 Å². The van der Waals surface area contributed by atoms with Gasteiger partial charge in [-0.15, -0.1) is 0 Å². The van der Waals surface area contributed by atoms with Gasteiger partial charge in [0.2, 0.25) is 5.91 Å². The second-order valence-corrected chi connectivity index (χ2v) is 5.73. The molecule has 0 saturated carbocycles. The van der Waals surface area contributed by atoms with Crippen LogP contribution in [0.25, 0.3) is 0 Å². The lowest BCUT2D eigenvalue weighted by Gasteiger charge is -2.38. The largest absolute Gasteiger partial charge is 0.368 e. The van der Waals surface area contributed by atoms with E-state index in [4.69, 9.17) is 0 Å². The Morgan fingerprint density at radius 2 is 1.67 bits per heavy atom. The number of hydrogen-bond acceptors (Lipinski definition) is 3. The van der Waals surface area contributed by atoms with Crippen molar-refractivity contribution in [3.05, 3.63) is 24.5 Å². The lowest BCUT2D eigenvalue weighted by molar-refractivity contribution is -0.139. The maximum absolute atomic E-state index is 12.2. The van der Waals surface area contributed by atoms with Gasteiger partial charge >= 0.3 is 0 Å². The summed E-state index contributed by atoms with van der Waals surface area (Å²) in [6.07, 6.45) is 3.62. The van der Waals surface area contributed by atoms with E-state index in [-0.39, 0.29) is 11.3 Å². The first-order chi connectivity index (χ1) is 8.48. The normalized spacial score (nSPS) is 16.8. The molecule has 1 aromatic heterocycles. The Labute approximate surface area is 109 Å². The summed E-state index contributed by atoms with van der Waals surface area (Å²) in [6, 6.07) is 4.03. The first-order valence-corrected chi connectivity index (χ1v) is 6.43. The van der Waals surface area contributed by atoms with Crippen molar-refractivity contribution < 1.29 is 4.79 Å². The summed E-state index contributed by atoms with van der Waals surface area (Å²) in [5.74, 6) is 0.247. The highest BCUT2D eigenvalue weighted by atomic mass is 16.2. The van der Waals surface area contributed by atoms with E-state index in [1.54, 1.807) is 0 Å².